The van der Waals surface area contributed by atoms with Gasteiger partial charge >= 0.3 is 0 Å². The predicted molar refractivity (Wildman–Crippen MR) is 116 cm³/mol. The van der Waals surface area contributed by atoms with Crippen LogP contribution in [0, 0.1) is 0 Å². The van der Waals surface area contributed by atoms with E-state index in [1.165, 1.54) is 16.7 Å². The summed E-state index contributed by atoms with van der Waals surface area (Å²) >= 11 is 0. The van der Waals surface area contributed by atoms with Crippen molar-refractivity contribution in [1.29, 1.82) is 0 Å². The minimum atomic E-state index is -0.515. The monoisotopic (exact) mass is 379 g/mol. The first-order valence-corrected chi connectivity index (χ1v) is 10.2. The van der Waals surface area contributed by atoms with Gasteiger partial charge in [0.2, 0.25) is 5.91 Å². The molecule has 1 amide bonds. The average molecular weight is 380 g/mol. The van der Waals surface area contributed by atoms with Crippen molar-refractivity contribution in [2.24, 2.45) is 0 Å². The molecule has 1 aliphatic rings. The molecule has 0 fully saturated rings. The summed E-state index contributed by atoms with van der Waals surface area (Å²) in [7, 11) is 6.18. The lowest BCUT2D eigenvalue weighted by molar-refractivity contribution is -0.133. The van der Waals surface area contributed by atoms with Crippen LogP contribution in [0.15, 0.2) is 54.6 Å². The Balaban J connectivity index is 1.78. The lowest BCUT2D eigenvalue weighted by Crippen LogP contribution is -2.60. The summed E-state index contributed by atoms with van der Waals surface area (Å²) in [5, 5.41) is 3.29. The van der Waals surface area contributed by atoms with E-state index in [9.17, 15) is 4.79 Å². The molecule has 0 bridgehead atoms. The molecule has 3 rings (SSSR count). The van der Waals surface area contributed by atoms with Crippen LogP contribution in [0.4, 0.5) is 0 Å². The second-order valence-corrected chi connectivity index (χ2v) is 8.45. The van der Waals surface area contributed by atoms with Crippen molar-refractivity contribution in [3.63, 3.8) is 0 Å². The highest BCUT2D eigenvalue weighted by atomic mass is 16.2. The zero-order chi connectivity index (χ0) is 20.1. The fourth-order valence-corrected chi connectivity index (χ4v) is 4.31. The van der Waals surface area contributed by atoms with Crippen LogP contribution in [0.2, 0.25) is 0 Å². The average Bonchev–Trinajstić information content (AvgIpc) is 3.07. The van der Waals surface area contributed by atoms with Gasteiger partial charge < -0.3 is 10.2 Å². The fraction of sp³-hybridized carbons (Fsp3) is 0.458. The van der Waals surface area contributed by atoms with Crippen molar-refractivity contribution in [2.75, 3.05) is 34.2 Å². The second-order valence-electron chi connectivity index (χ2n) is 8.45. The van der Waals surface area contributed by atoms with Crippen molar-refractivity contribution in [3.8, 4) is 0 Å². The molecule has 0 saturated carbocycles. The SMILES string of the molecule is C[C@H](CN(C)C)NC(=O)C1(N(C)CCc2ccccc2)Cc2ccccc2C1. The van der Waals surface area contributed by atoms with Crippen LogP contribution in [0.5, 0.6) is 0 Å². The minimum absolute atomic E-state index is 0.116. The Morgan fingerprint density at radius 1 is 1.00 bits per heavy atom. The molecule has 150 valence electrons. The highest BCUT2D eigenvalue weighted by Crippen LogP contribution is 2.34. The first-order chi connectivity index (χ1) is 13.4. The molecule has 2 aromatic rings. The first kappa shape index (κ1) is 20.6. The highest BCUT2D eigenvalue weighted by Gasteiger charge is 2.47. The Hall–Kier alpha value is -2.17. The number of hydrogen-bond donors (Lipinski definition) is 1. The summed E-state index contributed by atoms with van der Waals surface area (Å²) in [6.07, 6.45) is 2.49. The number of hydrogen-bond acceptors (Lipinski definition) is 3. The minimum Gasteiger partial charge on any atom is -0.351 e. The number of carbonyl (C=O) groups excluding carboxylic acids is 1. The maximum atomic E-state index is 13.5. The Bertz CT molecular complexity index is 762. The molecule has 0 heterocycles. The Labute approximate surface area is 169 Å². The molecule has 0 spiro atoms. The topological polar surface area (TPSA) is 35.6 Å². The van der Waals surface area contributed by atoms with E-state index in [1.807, 2.05) is 20.2 Å². The van der Waals surface area contributed by atoms with Crippen LogP contribution in [0.1, 0.15) is 23.6 Å². The largest absolute Gasteiger partial charge is 0.351 e. The number of nitrogens with zero attached hydrogens (tertiary/aromatic N) is 2. The fourth-order valence-electron chi connectivity index (χ4n) is 4.31. The number of carbonyl (C=O) groups is 1. The Morgan fingerprint density at radius 2 is 1.57 bits per heavy atom. The first-order valence-electron chi connectivity index (χ1n) is 10.2. The van der Waals surface area contributed by atoms with Crippen LogP contribution in [0.3, 0.4) is 0 Å². The smallest absolute Gasteiger partial charge is 0.241 e. The number of rotatable bonds is 8. The van der Waals surface area contributed by atoms with Gasteiger partial charge in [-0.3, -0.25) is 9.69 Å². The summed E-state index contributed by atoms with van der Waals surface area (Å²) in [4.78, 5) is 17.9. The normalized spacial score (nSPS) is 16.2. The summed E-state index contributed by atoms with van der Waals surface area (Å²) in [5.74, 6) is 0.147. The summed E-state index contributed by atoms with van der Waals surface area (Å²) in [5.41, 5.74) is 3.38. The molecule has 0 saturated heterocycles. The zero-order valence-corrected chi connectivity index (χ0v) is 17.6. The summed E-state index contributed by atoms with van der Waals surface area (Å²) < 4.78 is 0. The number of benzene rings is 2. The quantitative estimate of drug-likeness (QED) is 0.766. The molecule has 2 aromatic carbocycles. The molecule has 0 aromatic heterocycles. The van der Waals surface area contributed by atoms with Crippen molar-refractivity contribution in [2.45, 2.75) is 37.8 Å². The van der Waals surface area contributed by atoms with Gasteiger partial charge in [0.1, 0.15) is 5.54 Å². The van der Waals surface area contributed by atoms with Crippen molar-refractivity contribution >= 4 is 5.91 Å². The van der Waals surface area contributed by atoms with Gasteiger partial charge in [0.15, 0.2) is 0 Å². The predicted octanol–water partition coefficient (Wildman–Crippen LogP) is 2.76. The molecule has 28 heavy (non-hydrogen) atoms. The zero-order valence-electron chi connectivity index (χ0n) is 17.6. The third kappa shape index (κ3) is 4.62. The molecule has 4 nitrogen and oxygen atoms in total. The van der Waals surface area contributed by atoms with Crippen molar-refractivity contribution < 1.29 is 4.79 Å². The van der Waals surface area contributed by atoms with Crippen LogP contribution in [0.25, 0.3) is 0 Å². The van der Waals surface area contributed by atoms with Gasteiger partial charge in [0.05, 0.1) is 0 Å². The molecule has 1 aliphatic carbocycles. The number of amides is 1. The maximum absolute atomic E-state index is 13.5. The van der Waals surface area contributed by atoms with Crippen LogP contribution in [-0.2, 0) is 24.1 Å². The van der Waals surface area contributed by atoms with Gasteiger partial charge in [-0.05, 0) is 51.2 Å². The third-order valence-corrected chi connectivity index (χ3v) is 5.83. The van der Waals surface area contributed by atoms with Crippen molar-refractivity contribution in [3.05, 3.63) is 71.3 Å². The summed E-state index contributed by atoms with van der Waals surface area (Å²) in [6.45, 7) is 3.77. The van der Waals surface area contributed by atoms with E-state index in [2.05, 4.69) is 77.6 Å². The number of nitrogens with one attached hydrogen (secondary N) is 1. The van der Waals surface area contributed by atoms with Crippen LogP contribution >= 0.6 is 0 Å². The van der Waals surface area contributed by atoms with E-state index < -0.39 is 5.54 Å². The third-order valence-electron chi connectivity index (χ3n) is 5.83. The van der Waals surface area contributed by atoms with Gasteiger partial charge in [-0.15, -0.1) is 0 Å². The van der Waals surface area contributed by atoms with E-state index in [-0.39, 0.29) is 11.9 Å². The standard InChI is InChI=1S/C24H33N3O/c1-19(18-26(2)3)25-23(28)24(16-21-12-8-9-13-22(21)17-24)27(4)15-14-20-10-6-5-7-11-20/h5-13,19H,14-18H2,1-4H3,(H,25,28)/t19-/m1/s1. The lowest BCUT2D eigenvalue weighted by Gasteiger charge is -2.38. The molecule has 0 unspecified atom stereocenters. The van der Waals surface area contributed by atoms with Gasteiger partial charge in [0.25, 0.3) is 0 Å². The molecule has 4 heteroatoms. The van der Waals surface area contributed by atoms with Crippen molar-refractivity contribution in [1.82, 2.24) is 15.1 Å². The van der Waals surface area contributed by atoms with E-state index in [0.717, 1.165) is 32.4 Å². The molecular weight excluding hydrogens is 346 g/mol. The van der Waals surface area contributed by atoms with Crippen LogP contribution < -0.4 is 5.32 Å². The Kier molecular flexibility index (Phi) is 6.53. The number of fused-ring (bicyclic) bond motifs is 1. The molecule has 1 atom stereocenters. The Morgan fingerprint density at radius 3 is 2.14 bits per heavy atom. The van der Waals surface area contributed by atoms with Gasteiger partial charge in [-0.1, -0.05) is 54.6 Å². The van der Waals surface area contributed by atoms with E-state index in [0.29, 0.717) is 0 Å². The van der Waals surface area contributed by atoms with E-state index in [4.69, 9.17) is 0 Å². The molecule has 0 aliphatic heterocycles. The second kappa shape index (κ2) is 8.89. The maximum Gasteiger partial charge on any atom is 0.241 e. The number of likely N-dealkylation sites (N-methyl/N-ethyl adjacent to an activating group) is 2. The van der Waals surface area contributed by atoms with Gasteiger partial charge in [-0.2, -0.15) is 0 Å². The van der Waals surface area contributed by atoms with E-state index >= 15 is 0 Å². The highest BCUT2D eigenvalue weighted by molar-refractivity contribution is 5.88. The van der Waals surface area contributed by atoms with Gasteiger partial charge in [0, 0.05) is 32.0 Å². The van der Waals surface area contributed by atoms with E-state index in [1.54, 1.807) is 0 Å². The molecule has 0 radical (unpaired) electrons. The lowest BCUT2D eigenvalue weighted by atomic mass is 9.91. The molecular formula is C24H33N3O. The van der Waals surface area contributed by atoms with Gasteiger partial charge in [-0.25, -0.2) is 0 Å². The molecule has 1 N–H and O–H groups in total. The summed E-state index contributed by atoms with van der Waals surface area (Å²) in [6, 6.07) is 19.1. The van der Waals surface area contributed by atoms with Crippen LogP contribution in [-0.4, -0.2) is 61.5 Å².